The van der Waals surface area contributed by atoms with E-state index < -0.39 is 11.8 Å². The van der Waals surface area contributed by atoms with E-state index in [-0.39, 0.29) is 12.1 Å². The minimum Gasteiger partial charge on any atom is -0.261 e. The molecule has 1 fully saturated rings. The fourth-order valence-corrected chi connectivity index (χ4v) is 1.38. The van der Waals surface area contributed by atoms with Gasteiger partial charge in [-0.25, -0.2) is 8.78 Å². The molecule has 0 aliphatic heterocycles. The van der Waals surface area contributed by atoms with Crippen molar-refractivity contribution >= 4 is 18.8 Å². The lowest BCUT2D eigenvalue weighted by atomic mass is 10.2. The molecule has 1 saturated carbocycles. The molecular formula is C14H19F2NS. The lowest BCUT2D eigenvalue weighted by Gasteiger charge is -1.99. The lowest BCUT2D eigenvalue weighted by molar-refractivity contribution is 0.105. The van der Waals surface area contributed by atoms with Gasteiger partial charge in [0.2, 0.25) is 0 Å². The third-order valence-corrected chi connectivity index (χ3v) is 2.77. The molecule has 1 atom stereocenters. The number of rotatable bonds is 4. The molecule has 1 nitrogen and oxygen atoms in total. The van der Waals surface area contributed by atoms with Gasteiger partial charge in [-0.15, -0.1) is 18.4 Å². The molecule has 0 N–H and O–H groups in total. The van der Waals surface area contributed by atoms with Crippen LogP contribution in [-0.4, -0.2) is 12.1 Å². The summed E-state index contributed by atoms with van der Waals surface area (Å²) in [7, 11) is 0. The minimum absolute atomic E-state index is 0.153. The van der Waals surface area contributed by atoms with Crippen molar-refractivity contribution in [1.29, 1.82) is 0 Å². The number of aliphatic imine (C=N–C) groups is 1. The zero-order chi connectivity index (χ0) is 14.3. The van der Waals surface area contributed by atoms with Crippen molar-refractivity contribution in [3.63, 3.8) is 0 Å². The predicted molar refractivity (Wildman–Crippen MR) is 77.4 cm³/mol. The van der Waals surface area contributed by atoms with Crippen LogP contribution in [0.3, 0.4) is 0 Å². The van der Waals surface area contributed by atoms with Crippen molar-refractivity contribution < 1.29 is 8.78 Å². The SMILES string of the molecule is C=C=C(S)/C(C=NC(=C)C1CC1(F)F)=C/C.CC. The van der Waals surface area contributed by atoms with E-state index in [1.807, 2.05) is 13.8 Å². The molecule has 0 aromatic carbocycles. The summed E-state index contributed by atoms with van der Waals surface area (Å²) in [5.41, 5.74) is 3.48. The topological polar surface area (TPSA) is 12.4 Å². The average Bonchev–Trinajstić information content (AvgIpc) is 3.01. The van der Waals surface area contributed by atoms with E-state index in [2.05, 4.69) is 36.5 Å². The molecule has 1 aliphatic carbocycles. The molecule has 0 radical (unpaired) electrons. The Kier molecular flexibility index (Phi) is 6.89. The minimum atomic E-state index is -2.62. The van der Waals surface area contributed by atoms with E-state index >= 15 is 0 Å². The Morgan fingerprint density at radius 2 is 2.00 bits per heavy atom. The Bertz CT molecular complexity index is 416. The van der Waals surface area contributed by atoms with Crippen molar-refractivity contribution in [3.8, 4) is 0 Å². The van der Waals surface area contributed by atoms with Crippen molar-refractivity contribution in [3.05, 3.63) is 41.1 Å². The molecule has 0 aromatic rings. The van der Waals surface area contributed by atoms with Gasteiger partial charge in [-0.1, -0.05) is 33.1 Å². The summed E-state index contributed by atoms with van der Waals surface area (Å²) in [6.45, 7) is 12.8. The van der Waals surface area contributed by atoms with Gasteiger partial charge in [0.25, 0.3) is 5.92 Å². The third-order valence-electron chi connectivity index (χ3n) is 2.35. The summed E-state index contributed by atoms with van der Waals surface area (Å²) >= 11 is 4.11. The second-order valence-corrected chi connectivity index (χ2v) is 3.98. The summed E-state index contributed by atoms with van der Waals surface area (Å²) in [5, 5.41) is 0. The second kappa shape index (κ2) is 7.34. The molecule has 0 aromatic heterocycles. The summed E-state index contributed by atoms with van der Waals surface area (Å²) in [6.07, 6.45) is 3.05. The zero-order valence-corrected chi connectivity index (χ0v) is 11.9. The highest BCUT2D eigenvalue weighted by Gasteiger charge is 2.58. The molecule has 1 rings (SSSR count). The summed E-state index contributed by atoms with van der Waals surface area (Å²) < 4.78 is 25.4. The number of nitrogens with zero attached hydrogens (tertiary/aromatic N) is 1. The quantitative estimate of drug-likeness (QED) is 0.326. The van der Waals surface area contributed by atoms with Crippen molar-refractivity contribution in [1.82, 2.24) is 0 Å². The number of hydrogen-bond donors (Lipinski definition) is 1. The number of thiol groups is 1. The average molecular weight is 271 g/mol. The molecule has 0 saturated heterocycles. The van der Waals surface area contributed by atoms with Crippen LogP contribution >= 0.6 is 12.6 Å². The molecular weight excluding hydrogens is 252 g/mol. The summed E-state index contributed by atoms with van der Waals surface area (Å²) in [4.78, 5) is 4.45. The molecule has 1 aliphatic rings. The summed E-state index contributed by atoms with van der Waals surface area (Å²) in [5.74, 6) is -3.43. The molecule has 0 spiro atoms. The van der Waals surface area contributed by atoms with Gasteiger partial charge < -0.3 is 0 Å². The van der Waals surface area contributed by atoms with E-state index in [0.717, 1.165) is 0 Å². The molecule has 0 amide bonds. The van der Waals surface area contributed by atoms with Gasteiger partial charge >= 0.3 is 0 Å². The molecule has 18 heavy (non-hydrogen) atoms. The van der Waals surface area contributed by atoms with Crippen LogP contribution in [0.4, 0.5) is 8.78 Å². The third kappa shape index (κ3) is 4.63. The van der Waals surface area contributed by atoms with Crippen molar-refractivity contribution in [2.75, 3.05) is 0 Å². The van der Waals surface area contributed by atoms with Crippen LogP contribution in [0.25, 0.3) is 0 Å². The van der Waals surface area contributed by atoms with E-state index in [0.29, 0.717) is 10.5 Å². The summed E-state index contributed by atoms with van der Waals surface area (Å²) in [6, 6.07) is 0. The van der Waals surface area contributed by atoms with Gasteiger partial charge in [-0.3, -0.25) is 4.99 Å². The van der Waals surface area contributed by atoms with Crippen LogP contribution in [0.5, 0.6) is 0 Å². The fraction of sp³-hybridized carbons (Fsp3) is 0.429. The first-order valence-electron chi connectivity index (χ1n) is 5.78. The van der Waals surface area contributed by atoms with Gasteiger partial charge in [0.15, 0.2) is 0 Å². The Morgan fingerprint density at radius 3 is 2.33 bits per heavy atom. The molecule has 0 heterocycles. The maximum Gasteiger partial charge on any atom is 0.257 e. The zero-order valence-electron chi connectivity index (χ0n) is 11.0. The van der Waals surface area contributed by atoms with Crippen LogP contribution in [0.15, 0.2) is 46.1 Å². The van der Waals surface area contributed by atoms with Crippen molar-refractivity contribution in [2.45, 2.75) is 33.1 Å². The van der Waals surface area contributed by atoms with Gasteiger partial charge in [0.1, 0.15) is 0 Å². The number of allylic oxidation sites excluding steroid dienone is 3. The second-order valence-electron chi connectivity index (χ2n) is 3.54. The van der Waals surface area contributed by atoms with E-state index in [4.69, 9.17) is 0 Å². The monoisotopic (exact) mass is 271 g/mol. The highest BCUT2D eigenvalue weighted by Crippen LogP contribution is 2.52. The van der Waals surface area contributed by atoms with Crippen molar-refractivity contribution in [2.24, 2.45) is 10.9 Å². The maximum atomic E-state index is 12.7. The first kappa shape index (κ1) is 16.9. The van der Waals surface area contributed by atoms with E-state index in [9.17, 15) is 8.78 Å². The Balaban J connectivity index is 0.00000137. The Morgan fingerprint density at radius 1 is 1.50 bits per heavy atom. The van der Waals surface area contributed by atoms with E-state index in [1.54, 1.807) is 13.0 Å². The largest absolute Gasteiger partial charge is 0.261 e. The van der Waals surface area contributed by atoms with Crippen LogP contribution in [0, 0.1) is 5.92 Å². The standard InChI is InChI=1S/C12H13F2NS.C2H6/c1-4-9(11(16)5-2)7-15-8(3)10-6-12(10,13)14;1-2/h4,7,10,16H,2-3,6H2,1H3;1-2H3/b9-4+,15-7?;. The first-order chi connectivity index (χ1) is 8.42. The molecule has 100 valence electrons. The first-order valence-corrected chi connectivity index (χ1v) is 6.23. The van der Waals surface area contributed by atoms with Crippen LogP contribution < -0.4 is 0 Å². The van der Waals surface area contributed by atoms with Gasteiger partial charge in [-0.05, 0) is 6.92 Å². The molecule has 1 unspecified atom stereocenters. The molecule has 0 bridgehead atoms. The highest BCUT2D eigenvalue weighted by atomic mass is 32.1. The smallest absolute Gasteiger partial charge is 0.257 e. The van der Waals surface area contributed by atoms with Gasteiger partial charge in [-0.2, -0.15) is 0 Å². The fourth-order valence-electron chi connectivity index (χ4n) is 1.19. The Labute approximate surface area is 113 Å². The van der Waals surface area contributed by atoms with Crippen LogP contribution in [-0.2, 0) is 0 Å². The number of halogens is 2. The predicted octanol–water partition coefficient (Wildman–Crippen LogP) is 4.80. The lowest BCUT2D eigenvalue weighted by Crippen LogP contribution is -1.95. The Hall–Kier alpha value is -1.12. The normalized spacial score (nSPS) is 20.8. The van der Waals surface area contributed by atoms with Gasteiger partial charge in [0, 0.05) is 23.9 Å². The molecule has 4 heteroatoms. The highest BCUT2D eigenvalue weighted by molar-refractivity contribution is 7.84. The number of hydrogen-bond acceptors (Lipinski definition) is 2. The van der Waals surface area contributed by atoms with Crippen LogP contribution in [0.1, 0.15) is 27.2 Å². The van der Waals surface area contributed by atoms with Gasteiger partial charge in [0.05, 0.1) is 10.8 Å². The van der Waals surface area contributed by atoms with Crippen LogP contribution in [0.2, 0.25) is 0 Å². The number of alkyl halides is 2. The maximum absolute atomic E-state index is 12.7. The van der Waals surface area contributed by atoms with E-state index in [1.165, 1.54) is 6.21 Å².